The van der Waals surface area contributed by atoms with Gasteiger partial charge in [0, 0.05) is 12.3 Å². The van der Waals surface area contributed by atoms with Crippen molar-refractivity contribution in [3.05, 3.63) is 0 Å². The molecule has 3 nitrogen and oxygen atoms in total. The van der Waals surface area contributed by atoms with Crippen molar-refractivity contribution in [3.63, 3.8) is 0 Å². The molecule has 0 aliphatic heterocycles. The molecule has 2 N–H and O–H groups in total. The Morgan fingerprint density at radius 1 is 1.14 bits per heavy atom. The zero-order chi connectivity index (χ0) is 10.8. The van der Waals surface area contributed by atoms with Gasteiger partial charge in [0.05, 0.1) is 6.10 Å². The number of hydrogen-bond donors (Lipinski definition) is 2. The molecule has 0 fully saturated rings. The molecule has 0 amide bonds. The topological polar surface area (TPSA) is 57.5 Å². The number of carbonyl (C=O) groups is 1. The predicted molar refractivity (Wildman–Crippen MR) is 56.7 cm³/mol. The van der Waals surface area contributed by atoms with Gasteiger partial charge in [-0.15, -0.1) is 11.6 Å². The van der Waals surface area contributed by atoms with Gasteiger partial charge < -0.3 is 10.2 Å². The van der Waals surface area contributed by atoms with Crippen molar-refractivity contribution in [2.45, 2.75) is 51.0 Å². The summed E-state index contributed by atoms with van der Waals surface area (Å²) in [4.78, 5) is 10.2. The Bertz CT molecular complexity index is 150. The fourth-order valence-electron chi connectivity index (χ4n) is 1.27. The summed E-state index contributed by atoms with van der Waals surface area (Å²) < 4.78 is 0. The highest BCUT2D eigenvalue weighted by Gasteiger charge is 2.04. The Labute approximate surface area is 90.1 Å². The summed E-state index contributed by atoms with van der Waals surface area (Å²) in [5.74, 6) is -0.118. The number of alkyl halides is 1. The highest BCUT2D eigenvalue weighted by atomic mass is 35.5. The van der Waals surface area contributed by atoms with Crippen LogP contribution in [0.4, 0.5) is 0 Å². The number of carboxylic acid groups (broad SMARTS) is 1. The molecule has 0 heterocycles. The van der Waals surface area contributed by atoms with E-state index in [0.29, 0.717) is 18.7 Å². The predicted octanol–water partition coefficient (Wildman–Crippen LogP) is 2.40. The van der Waals surface area contributed by atoms with Gasteiger partial charge in [0.2, 0.25) is 0 Å². The summed E-state index contributed by atoms with van der Waals surface area (Å²) in [6.45, 7) is 0. The largest absolute Gasteiger partial charge is 0.481 e. The third-order valence-electron chi connectivity index (χ3n) is 2.10. The molecule has 14 heavy (non-hydrogen) atoms. The van der Waals surface area contributed by atoms with Crippen LogP contribution in [-0.4, -0.2) is 28.2 Å². The van der Waals surface area contributed by atoms with E-state index in [1.165, 1.54) is 0 Å². The van der Waals surface area contributed by atoms with Crippen LogP contribution in [-0.2, 0) is 4.79 Å². The molecule has 4 heteroatoms. The van der Waals surface area contributed by atoms with Gasteiger partial charge in [-0.05, 0) is 32.1 Å². The molecular formula is C10H19ClO3. The molecule has 84 valence electrons. The van der Waals surface area contributed by atoms with Crippen molar-refractivity contribution in [2.24, 2.45) is 0 Å². The van der Waals surface area contributed by atoms with E-state index in [-0.39, 0.29) is 12.5 Å². The van der Waals surface area contributed by atoms with Gasteiger partial charge in [0.1, 0.15) is 0 Å². The van der Waals surface area contributed by atoms with Crippen molar-refractivity contribution < 1.29 is 15.0 Å². The maximum Gasteiger partial charge on any atom is 0.303 e. The first-order valence-corrected chi connectivity index (χ1v) is 5.66. The monoisotopic (exact) mass is 222 g/mol. The minimum atomic E-state index is -0.762. The van der Waals surface area contributed by atoms with Crippen LogP contribution in [0, 0.1) is 0 Å². The molecule has 0 aromatic rings. The normalized spacial score (nSPS) is 12.7. The van der Waals surface area contributed by atoms with Crippen LogP contribution in [0.1, 0.15) is 44.9 Å². The molecule has 0 bridgehead atoms. The first-order valence-electron chi connectivity index (χ1n) is 5.12. The summed E-state index contributed by atoms with van der Waals surface area (Å²) in [6.07, 6.45) is 4.73. The average molecular weight is 223 g/mol. The van der Waals surface area contributed by atoms with Crippen molar-refractivity contribution in [2.75, 3.05) is 5.88 Å². The average Bonchev–Trinajstić information content (AvgIpc) is 2.13. The second kappa shape index (κ2) is 9.28. The minimum absolute atomic E-state index is 0.203. The van der Waals surface area contributed by atoms with Gasteiger partial charge in [-0.25, -0.2) is 0 Å². The lowest BCUT2D eigenvalue weighted by Gasteiger charge is -2.08. The second-order valence-electron chi connectivity index (χ2n) is 3.48. The number of hydrogen-bond acceptors (Lipinski definition) is 2. The molecule has 0 aromatic carbocycles. The van der Waals surface area contributed by atoms with Crippen LogP contribution in [0.2, 0.25) is 0 Å². The lowest BCUT2D eigenvalue weighted by molar-refractivity contribution is -0.137. The number of rotatable bonds is 9. The molecule has 0 radical (unpaired) electrons. The number of aliphatic hydroxyl groups is 1. The van der Waals surface area contributed by atoms with Gasteiger partial charge >= 0.3 is 5.97 Å². The minimum Gasteiger partial charge on any atom is -0.481 e. The third-order valence-corrected chi connectivity index (χ3v) is 2.37. The van der Waals surface area contributed by atoms with Gasteiger partial charge in [0.15, 0.2) is 0 Å². The molecule has 0 aliphatic carbocycles. The van der Waals surface area contributed by atoms with Crippen molar-refractivity contribution in [1.29, 1.82) is 0 Å². The van der Waals surface area contributed by atoms with Crippen LogP contribution in [0.5, 0.6) is 0 Å². The summed E-state index contributed by atoms with van der Waals surface area (Å²) in [6, 6.07) is 0. The quantitative estimate of drug-likeness (QED) is 0.465. The van der Waals surface area contributed by atoms with Crippen LogP contribution < -0.4 is 0 Å². The molecule has 0 saturated heterocycles. The standard InChI is InChI=1S/C10H19ClO3/c11-8-4-3-6-9(12)5-1-2-7-10(13)14/h9,12H,1-8H2,(H,13,14)/t9-/m1/s1. The summed E-state index contributed by atoms with van der Waals surface area (Å²) in [5.41, 5.74) is 0. The lowest BCUT2D eigenvalue weighted by atomic mass is 10.1. The van der Waals surface area contributed by atoms with E-state index in [4.69, 9.17) is 16.7 Å². The SMILES string of the molecule is O=C(O)CCCC[C@@H](O)CCCCCl. The number of carboxylic acids is 1. The van der Waals surface area contributed by atoms with Crippen LogP contribution >= 0.6 is 11.6 Å². The zero-order valence-electron chi connectivity index (χ0n) is 8.41. The molecule has 0 unspecified atom stereocenters. The van der Waals surface area contributed by atoms with E-state index in [1.807, 2.05) is 0 Å². The molecule has 1 atom stereocenters. The Kier molecular flexibility index (Phi) is 9.10. The van der Waals surface area contributed by atoms with E-state index in [9.17, 15) is 9.90 Å². The van der Waals surface area contributed by atoms with Gasteiger partial charge in [-0.2, -0.15) is 0 Å². The van der Waals surface area contributed by atoms with Crippen molar-refractivity contribution in [1.82, 2.24) is 0 Å². The second-order valence-corrected chi connectivity index (χ2v) is 3.86. The van der Waals surface area contributed by atoms with Crippen LogP contribution in [0.3, 0.4) is 0 Å². The summed E-state index contributed by atoms with van der Waals surface area (Å²) in [7, 11) is 0. The number of aliphatic hydroxyl groups excluding tert-OH is 1. The van der Waals surface area contributed by atoms with E-state index < -0.39 is 5.97 Å². The molecular weight excluding hydrogens is 204 g/mol. The first-order chi connectivity index (χ1) is 6.66. The zero-order valence-corrected chi connectivity index (χ0v) is 9.17. The number of unbranched alkanes of at least 4 members (excludes halogenated alkanes) is 2. The van der Waals surface area contributed by atoms with E-state index in [0.717, 1.165) is 25.7 Å². The smallest absolute Gasteiger partial charge is 0.303 e. The van der Waals surface area contributed by atoms with E-state index in [1.54, 1.807) is 0 Å². The molecule has 0 aliphatic rings. The maximum atomic E-state index is 10.2. The Morgan fingerprint density at radius 2 is 1.71 bits per heavy atom. The first kappa shape index (κ1) is 13.7. The molecule has 0 aromatic heterocycles. The Morgan fingerprint density at radius 3 is 2.21 bits per heavy atom. The number of halogens is 1. The van der Waals surface area contributed by atoms with Crippen molar-refractivity contribution in [3.8, 4) is 0 Å². The number of aliphatic carboxylic acids is 1. The highest BCUT2D eigenvalue weighted by molar-refractivity contribution is 6.17. The lowest BCUT2D eigenvalue weighted by Crippen LogP contribution is -2.06. The summed E-state index contributed by atoms with van der Waals surface area (Å²) >= 11 is 5.50. The van der Waals surface area contributed by atoms with Crippen LogP contribution in [0.15, 0.2) is 0 Å². The van der Waals surface area contributed by atoms with Gasteiger partial charge in [-0.1, -0.05) is 6.42 Å². The molecule has 0 spiro atoms. The highest BCUT2D eigenvalue weighted by Crippen LogP contribution is 2.09. The molecule has 0 rings (SSSR count). The fourth-order valence-corrected chi connectivity index (χ4v) is 1.46. The fraction of sp³-hybridized carbons (Fsp3) is 0.900. The van der Waals surface area contributed by atoms with Gasteiger partial charge in [-0.3, -0.25) is 4.79 Å². The molecule has 0 saturated carbocycles. The third kappa shape index (κ3) is 9.81. The summed E-state index contributed by atoms with van der Waals surface area (Å²) in [5, 5.41) is 17.8. The Hall–Kier alpha value is -0.280. The van der Waals surface area contributed by atoms with E-state index >= 15 is 0 Å². The van der Waals surface area contributed by atoms with Crippen molar-refractivity contribution >= 4 is 17.6 Å². The Balaban J connectivity index is 3.18. The van der Waals surface area contributed by atoms with E-state index in [2.05, 4.69) is 0 Å². The maximum absolute atomic E-state index is 10.2. The van der Waals surface area contributed by atoms with Gasteiger partial charge in [0.25, 0.3) is 0 Å². The van der Waals surface area contributed by atoms with Crippen LogP contribution in [0.25, 0.3) is 0 Å².